The maximum absolute atomic E-state index is 12.5. The van der Waals surface area contributed by atoms with Crippen LogP contribution in [0.25, 0.3) is 0 Å². The van der Waals surface area contributed by atoms with Crippen molar-refractivity contribution >= 4 is 17.5 Å². The van der Waals surface area contributed by atoms with E-state index < -0.39 is 5.91 Å². The lowest BCUT2D eigenvalue weighted by Crippen LogP contribution is -2.30. The van der Waals surface area contributed by atoms with Gasteiger partial charge in [0.1, 0.15) is 0 Å². The van der Waals surface area contributed by atoms with Crippen LogP contribution in [0.5, 0.6) is 11.5 Å². The van der Waals surface area contributed by atoms with Crippen LogP contribution in [0.4, 0.5) is 5.69 Å². The van der Waals surface area contributed by atoms with Gasteiger partial charge in [0.2, 0.25) is 11.8 Å². The molecule has 0 fully saturated rings. The molecule has 6 nitrogen and oxygen atoms in total. The van der Waals surface area contributed by atoms with E-state index in [1.807, 2.05) is 6.07 Å². The molecule has 0 aromatic heterocycles. The first kappa shape index (κ1) is 14.9. The molecule has 0 bridgehead atoms. The van der Waals surface area contributed by atoms with Gasteiger partial charge in [-0.15, -0.1) is 0 Å². The summed E-state index contributed by atoms with van der Waals surface area (Å²) in [5, 5.41) is 18.8. The molecule has 2 aromatic rings. The average Bonchev–Trinajstić information content (AvgIpc) is 2.94. The van der Waals surface area contributed by atoms with Crippen molar-refractivity contribution in [1.29, 1.82) is 0 Å². The van der Waals surface area contributed by atoms with Crippen molar-refractivity contribution in [2.45, 2.75) is 12.8 Å². The number of nitrogens with two attached hydrogens (primary N) is 1. The number of phenols is 2. The van der Waals surface area contributed by atoms with Crippen LogP contribution in [0.3, 0.4) is 0 Å². The number of carbonyl (C=O) groups is 2. The lowest BCUT2D eigenvalue weighted by molar-refractivity contribution is -0.117. The Hall–Kier alpha value is -3.02. The first-order valence-electron chi connectivity index (χ1n) is 7.19. The third-order valence-corrected chi connectivity index (χ3v) is 3.96. The van der Waals surface area contributed by atoms with Crippen molar-refractivity contribution in [2.75, 3.05) is 11.4 Å². The molecule has 0 atom stereocenters. The molecule has 4 N–H and O–H groups in total. The minimum Gasteiger partial charge on any atom is -0.504 e. The highest BCUT2D eigenvalue weighted by Gasteiger charge is 2.25. The first-order chi connectivity index (χ1) is 11.0. The predicted octanol–water partition coefficient (Wildman–Crippen LogP) is 1.33. The Balaban J connectivity index is 1.83. The van der Waals surface area contributed by atoms with E-state index in [2.05, 4.69) is 0 Å². The third kappa shape index (κ3) is 2.83. The number of nitrogens with zero attached hydrogens (tertiary/aromatic N) is 1. The second-order valence-corrected chi connectivity index (χ2v) is 5.50. The fraction of sp³-hybridized carbons (Fsp3) is 0.176. The van der Waals surface area contributed by atoms with E-state index in [0.717, 1.165) is 12.0 Å². The number of primary amides is 1. The highest BCUT2D eigenvalue weighted by atomic mass is 16.3. The molecule has 23 heavy (non-hydrogen) atoms. The smallest absolute Gasteiger partial charge is 0.248 e. The zero-order valence-electron chi connectivity index (χ0n) is 12.3. The topological polar surface area (TPSA) is 104 Å². The molecule has 2 amide bonds. The highest BCUT2D eigenvalue weighted by molar-refractivity contribution is 5.99. The molecule has 3 rings (SSSR count). The number of aromatic hydroxyl groups is 2. The number of amides is 2. The Labute approximate surface area is 132 Å². The molecule has 0 saturated heterocycles. The number of carbonyl (C=O) groups excluding carboxylic acids is 2. The van der Waals surface area contributed by atoms with E-state index in [4.69, 9.17) is 5.73 Å². The van der Waals surface area contributed by atoms with Crippen molar-refractivity contribution in [1.82, 2.24) is 0 Å². The first-order valence-corrected chi connectivity index (χ1v) is 7.19. The van der Waals surface area contributed by atoms with Gasteiger partial charge < -0.3 is 20.8 Å². The minimum atomic E-state index is -0.532. The van der Waals surface area contributed by atoms with Gasteiger partial charge in [-0.05, 0) is 41.8 Å². The van der Waals surface area contributed by atoms with Crippen LogP contribution < -0.4 is 10.6 Å². The van der Waals surface area contributed by atoms with Gasteiger partial charge in [0.25, 0.3) is 0 Å². The largest absolute Gasteiger partial charge is 0.504 e. The van der Waals surface area contributed by atoms with Gasteiger partial charge >= 0.3 is 0 Å². The Morgan fingerprint density at radius 2 is 1.87 bits per heavy atom. The monoisotopic (exact) mass is 312 g/mol. The Morgan fingerprint density at radius 3 is 2.57 bits per heavy atom. The van der Waals surface area contributed by atoms with E-state index >= 15 is 0 Å². The van der Waals surface area contributed by atoms with Crippen molar-refractivity contribution in [3.8, 4) is 11.5 Å². The van der Waals surface area contributed by atoms with Gasteiger partial charge in [-0.25, -0.2) is 0 Å². The molecular formula is C17H16N2O4. The number of phenolic OH excluding ortho intramolecular Hbond substituents is 2. The highest BCUT2D eigenvalue weighted by Crippen LogP contribution is 2.30. The summed E-state index contributed by atoms with van der Waals surface area (Å²) < 4.78 is 0. The zero-order valence-corrected chi connectivity index (χ0v) is 12.3. The number of benzene rings is 2. The van der Waals surface area contributed by atoms with E-state index in [1.165, 1.54) is 12.1 Å². The summed E-state index contributed by atoms with van der Waals surface area (Å²) in [6.45, 7) is 0.542. The molecule has 0 aliphatic carbocycles. The van der Waals surface area contributed by atoms with Crippen LogP contribution in [0.15, 0.2) is 36.4 Å². The Kier molecular flexibility index (Phi) is 3.65. The normalized spacial score (nSPS) is 13.0. The maximum Gasteiger partial charge on any atom is 0.248 e. The molecule has 0 spiro atoms. The van der Waals surface area contributed by atoms with Crippen molar-refractivity contribution in [3.05, 3.63) is 53.1 Å². The Bertz CT molecular complexity index is 801. The number of hydrogen-bond donors (Lipinski definition) is 3. The van der Waals surface area contributed by atoms with Gasteiger partial charge in [0, 0.05) is 17.8 Å². The van der Waals surface area contributed by atoms with Crippen molar-refractivity contribution < 1.29 is 19.8 Å². The molecule has 118 valence electrons. The second kappa shape index (κ2) is 5.64. The summed E-state index contributed by atoms with van der Waals surface area (Å²) in [7, 11) is 0. The third-order valence-electron chi connectivity index (χ3n) is 3.96. The fourth-order valence-electron chi connectivity index (χ4n) is 2.74. The van der Waals surface area contributed by atoms with Gasteiger partial charge in [-0.3, -0.25) is 9.59 Å². The van der Waals surface area contributed by atoms with Crippen LogP contribution in [0, 0.1) is 0 Å². The van der Waals surface area contributed by atoms with Crippen LogP contribution in [-0.4, -0.2) is 28.6 Å². The summed E-state index contributed by atoms with van der Waals surface area (Å²) >= 11 is 0. The SMILES string of the molecule is NC(=O)c1ccc2c(c1)N(C(=O)Cc1ccc(O)c(O)c1)CC2. The van der Waals surface area contributed by atoms with Crippen molar-refractivity contribution in [2.24, 2.45) is 5.73 Å². The Morgan fingerprint density at radius 1 is 1.09 bits per heavy atom. The van der Waals surface area contributed by atoms with Gasteiger partial charge in [0.05, 0.1) is 6.42 Å². The number of fused-ring (bicyclic) bond motifs is 1. The molecule has 2 aromatic carbocycles. The second-order valence-electron chi connectivity index (χ2n) is 5.50. The summed E-state index contributed by atoms with van der Waals surface area (Å²) in [5.41, 5.74) is 7.96. The van der Waals surface area contributed by atoms with Gasteiger partial charge in [0.15, 0.2) is 11.5 Å². The number of anilines is 1. The zero-order chi connectivity index (χ0) is 16.6. The molecule has 0 saturated carbocycles. The van der Waals surface area contributed by atoms with Gasteiger partial charge in [-0.1, -0.05) is 12.1 Å². The average molecular weight is 312 g/mol. The van der Waals surface area contributed by atoms with Crippen LogP contribution in [-0.2, 0) is 17.6 Å². The molecule has 1 aliphatic rings. The van der Waals surface area contributed by atoms with E-state index in [9.17, 15) is 19.8 Å². The lowest BCUT2D eigenvalue weighted by Gasteiger charge is -2.18. The standard InChI is InChI=1S/C17H16N2O4/c18-17(23)12-3-2-11-5-6-19(13(11)9-12)16(22)8-10-1-4-14(20)15(21)7-10/h1-4,7,9,20-21H,5-6,8H2,(H2,18,23). The summed E-state index contributed by atoms with van der Waals surface area (Å²) in [6, 6.07) is 9.41. The summed E-state index contributed by atoms with van der Waals surface area (Å²) in [4.78, 5) is 25.4. The summed E-state index contributed by atoms with van der Waals surface area (Å²) in [5.74, 6) is -1.15. The van der Waals surface area contributed by atoms with E-state index in [-0.39, 0.29) is 23.8 Å². The molecule has 0 unspecified atom stereocenters. The molecular weight excluding hydrogens is 296 g/mol. The molecule has 1 aliphatic heterocycles. The predicted molar refractivity (Wildman–Crippen MR) is 84.5 cm³/mol. The van der Waals surface area contributed by atoms with Crippen molar-refractivity contribution in [3.63, 3.8) is 0 Å². The van der Waals surface area contributed by atoms with Gasteiger partial charge in [-0.2, -0.15) is 0 Å². The fourth-order valence-corrected chi connectivity index (χ4v) is 2.74. The number of hydrogen-bond acceptors (Lipinski definition) is 4. The maximum atomic E-state index is 12.5. The number of rotatable bonds is 3. The lowest BCUT2D eigenvalue weighted by atomic mass is 10.1. The van der Waals surface area contributed by atoms with E-state index in [1.54, 1.807) is 23.1 Å². The molecule has 6 heteroatoms. The minimum absolute atomic E-state index is 0.0913. The quantitative estimate of drug-likeness (QED) is 0.744. The van der Waals surface area contributed by atoms with Crippen LogP contribution in [0.2, 0.25) is 0 Å². The van der Waals surface area contributed by atoms with E-state index in [0.29, 0.717) is 23.4 Å². The van der Waals surface area contributed by atoms with Crippen LogP contribution in [0.1, 0.15) is 21.5 Å². The molecule has 1 heterocycles. The summed E-state index contributed by atoms with van der Waals surface area (Å²) in [6.07, 6.45) is 0.815. The molecule has 0 radical (unpaired) electrons. The van der Waals surface area contributed by atoms with Crippen LogP contribution >= 0.6 is 0 Å².